The molecule has 234 valence electrons. The Bertz CT molecular complexity index is 1520. The van der Waals surface area contributed by atoms with Crippen molar-refractivity contribution in [1.29, 1.82) is 0 Å². The molecule has 1 heterocycles. The Morgan fingerprint density at radius 3 is 1.20 bits per heavy atom. The van der Waals surface area contributed by atoms with Gasteiger partial charge >= 0.3 is 0 Å². The van der Waals surface area contributed by atoms with Crippen LogP contribution >= 0.6 is 0 Å². The minimum Gasteiger partial charge on any atom is -0.340 e. The second-order valence-electron chi connectivity index (χ2n) is 12.4. The molecule has 0 spiro atoms. The standard InChI is InChI=1S/C40H45NO4/c1-2-3-4-5-6-7-8-9-10-11-12-13-14-19-26-41-35(33-27-37(42)29-20-15-17-22-31(29)39(33)44)24-25-36(41)34-28-38(43)30-21-16-18-23-32(30)40(34)45/h15-18,20-25,27-28H,2-14,19,26H2,1H3. The zero-order valence-corrected chi connectivity index (χ0v) is 26.6. The predicted molar refractivity (Wildman–Crippen MR) is 181 cm³/mol. The Kier molecular flexibility index (Phi) is 11.3. The van der Waals surface area contributed by atoms with Crippen LogP contribution in [0.4, 0.5) is 0 Å². The van der Waals surface area contributed by atoms with Crippen molar-refractivity contribution >= 4 is 34.3 Å². The molecule has 0 fully saturated rings. The van der Waals surface area contributed by atoms with E-state index in [0.29, 0.717) is 51.3 Å². The largest absolute Gasteiger partial charge is 0.340 e. The molecule has 1 aromatic heterocycles. The van der Waals surface area contributed by atoms with E-state index in [4.69, 9.17) is 0 Å². The molecular weight excluding hydrogens is 558 g/mol. The number of fused-ring (bicyclic) bond motifs is 2. The van der Waals surface area contributed by atoms with Gasteiger partial charge in [-0.15, -0.1) is 0 Å². The third-order valence-electron chi connectivity index (χ3n) is 9.18. The summed E-state index contributed by atoms with van der Waals surface area (Å²) < 4.78 is 1.97. The van der Waals surface area contributed by atoms with E-state index in [-0.39, 0.29) is 23.1 Å². The van der Waals surface area contributed by atoms with Crippen molar-refractivity contribution < 1.29 is 19.2 Å². The number of hydrogen-bond donors (Lipinski definition) is 0. The molecule has 0 saturated carbocycles. The molecule has 2 aliphatic carbocycles. The van der Waals surface area contributed by atoms with E-state index in [2.05, 4.69) is 6.92 Å². The molecule has 0 atom stereocenters. The minimum atomic E-state index is -0.206. The fraction of sp³-hybridized carbons (Fsp3) is 0.400. The Hall–Kier alpha value is -4.12. The summed E-state index contributed by atoms with van der Waals surface area (Å²) in [6.45, 7) is 2.84. The number of carbonyl (C=O) groups excluding carboxylic acids is 4. The van der Waals surface area contributed by atoms with Crippen LogP contribution in [0.15, 0.2) is 72.8 Å². The molecule has 0 amide bonds. The van der Waals surface area contributed by atoms with E-state index in [9.17, 15) is 19.2 Å². The van der Waals surface area contributed by atoms with Crippen molar-refractivity contribution in [3.05, 3.63) is 106 Å². The number of carbonyl (C=O) groups is 4. The third kappa shape index (κ3) is 7.58. The summed E-state index contributed by atoms with van der Waals surface area (Å²) in [4.78, 5) is 53.3. The van der Waals surface area contributed by atoms with Crippen molar-refractivity contribution in [2.75, 3.05) is 0 Å². The maximum atomic E-state index is 13.6. The summed E-state index contributed by atoms with van der Waals surface area (Å²) in [5, 5.41) is 0. The maximum absolute atomic E-state index is 13.6. The van der Waals surface area contributed by atoms with Crippen LogP contribution in [-0.4, -0.2) is 27.7 Å². The zero-order valence-electron chi connectivity index (χ0n) is 26.6. The highest BCUT2D eigenvalue weighted by atomic mass is 16.1. The van der Waals surface area contributed by atoms with Crippen LogP contribution in [0.1, 0.15) is 150 Å². The van der Waals surface area contributed by atoms with Gasteiger partial charge in [0, 0.05) is 28.8 Å². The van der Waals surface area contributed by atoms with Gasteiger partial charge in [0.25, 0.3) is 0 Å². The highest BCUT2D eigenvalue weighted by molar-refractivity contribution is 6.40. The summed E-state index contributed by atoms with van der Waals surface area (Å²) in [5.74, 6) is -0.823. The number of Topliss-reactive ketones (excluding diaryl/α,β-unsaturated/α-hetero) is 2. The summed E-state index contributed by atoms with van der Waals surface area (Å²) in [6, 6.07) is 17.4. The predicted octanol–water partition coefficient (Wildman–Crippen LogP) is 9.89. The summed E-state index contributed by atoms with van der Waals surface area (Å²) in [7, 11) is 0. The molecule has 0 bridgehead atoms. The first-order chi connectivity index (χ1) is 22.0. The van der Waals surface area contributed by atoms with Gasteiger partial charge in [-0.25, -0.2) is 0 Å². The molecule has 3 aromatic rings. The zero-order chi connectivity index (χ0) is 31.6. The summed E-state index contributed by atoms with van der Waals surface area (Å²) in [6.07, 6.45) is 20.4. The lowest BCUT2D eigenvalue weighted by atomic mass is 9.88. The Balaban J connectivity index is 1.25. The van der Waals surface area contributed by atoms with Crippen LogP contribution in [0.2, 0.25) is 0 Å². The average molecular weight is 604 g/mol. The third-order valence-corrected chi connectivity index (χ3v) is 9.18. The molecule has 0 saturated heterocycles. The molecular formula is C40H45NO4. The van der Waals surface area contributed by atoms with E-state index >= 15 is 0 Å². The first-order valence-corrected chi connectivity index (χ1v) is 17.0. The van der Waals surface area contributed by atoms with Gasteiger partial charge in [0.1, 0.15) is 0 Å². The maximum Gasteiger partial charge on any atom is 0.196 e. The lowest BCUT2D eigenvalue weighted by Crippen LogP contribution is -2.21. The van der Waals surface area contributed by atoms with E-state index in [0.717, 1.165) is 19.3 Å². The molecule has 0 N–H and O–H groups in total. The number of unbranched alkanes of at least 4 members (excludes halogenated alkanes) is 13. The number of benzene rings is 2. The lowest BCUT2D eigenvalue weighted by Gasteiger charge is -2.21. The van der Waals surface area contributed by atoms with Crippen molar-refractivity contribution in [3.63, 3.8) is 0 Å². The van der Waals surface area contributed by atoms with Crippen LogP contribution in [0.25, 0.3) is 11.1 Å². The number of allylic oxidation sites excluding steroid dienone is 4. The average Bonchev–Trinajstić information content (AvgIpc) is 3.47. The van der Waals surface area contributed by atoms with Crippen LogP contribution in [0.5, 0.6) is 0 Å². The molecule has 5 rings (SSSR count). The topological polar surface area (TPSA) is 73.2 Å². The van der Waals surface area contributed by atoms with Gasteiger partial charge in [-0.05, 0) is 30.7 Å². The number of ketones is 4. The normalized spacial score (nSPS) is 14.3. The molecule has 2 aliphatic rings. The molecule has 0 radical (unpaired) electrons. The molecule has 0 aliphatic heterocycles. The fourth-order valence-electron chi connectivity index (χ4n) is 6.65. The highest BCUT2D eigenvalue weighted by Crippen LogP contribution is 2.34. The molecule has 5 nitrogen and oxygen atoms in total. The summed E-state index contributed by atoms with van der Waals surface area (Å²) in [5.41, 5.74) is 3.45. The van der Waals surface area contributed by atoms with Gasteiger partial charge in [0.05, 0.1) is 22.5 Å². The quantitative estimate of drug-likeness (QED) is 0.144. The molecule has 5 heteroatoms. The van der Waals surface area contributed by atoms with Gasteiger partial charge < -0.3 is 4.57 Å². The monoisotopic (exact) mass is 603 g/mol. The van der Waals surface area contributed by atoms with Crippen molar-refractivity contribution in [3.8, 4) is 0 Å². The van der Waals surface area contributed by atoms with Crippen LogP contribution in [0, 0.1) is 0 Å². The van der Waals surface area contributed by atoms with Gasteiger partial charge in [-0.1, -0.05) is 139 Å². The van der Waals surface area contributed by atoms with Gasteiger partial charge in [-0.3, -0.25) is 19.2 Å². The van der Waals surface area contributed by atoms with Crippen LogP contribution < -0.4 is 0 Å². The Morgan fingerprint density at radius 2 is 0.800 bits per heavy atom. The van der Waals surface area contributed by atoms with Crippen molar-refractivity contribution in [1.82, 2.24) is 4.57 Å². The van der Waals surface area contributed by atoms with Crippen molar-refractivity contribution in [2.24, 2.45) is 0 Å². The van der Waals surface area contributed by atoms with E-state index < -0.39 is 0 Å². The number of aromatic nitrogens is 1. The Labute approximate surface area is 267 Å². The van der Waals surface area contributed by atoms with Gasteiger partial charge in [0.2, 0.25) is 0 Å². The smallest absolute Gasteiger partial charge is 0.196 e. The second kappa shape index (κ2) is 15.7. The molecule has 45 heavy (non-hydrogen) atoms. The molecule has 2 aromatic carbocycles. The van der Waals surface area contributed by atoms with E-state index in [1.165, 1.54) is 82.8 Å². The number of nitrogens with zero attached hydrogens (tertiary/aromatic N) is 1. The minimum absolute atomic E-state index is 0.206. The van der Waals surface area contributed by atoms with Crippen LogP contribution in [-0.2, 0) is 6.54 Å². The van der Waals surface area contributed by atoms with Crippen LogP contribution in [0.3, 0.4) is 0 Å². The fourth-order valence-corrected chi connectivity index (χ4v) is 6.65. The first kappa shape index (κ1) is 32.3. The summed E-state index contributed by atoms with van der Waals surface area (Å²) >= 11 is 0. The number of hydrogen-bond acceptors (Lipinski definition) is 4. The lowest BCUT2D eigenvalue weighted by molar-refractivity contribution is 0.100. The number of rotatable bonds is 17. The van der Waals surface area contributed by atoms with E-state index in [1.54, 1.807) is 48.5 Å². The molecule has 0 unspecified atom stereocenters. The van der Waals surface area contributed by atoms with Gasteiger partial charge in [-0.2, -0.15) is 0 Å². The second-order valence-corrected chi connectivity index (χ2v) is 12.4. The SMILES string of the molecule is CCCCCCCCCCCCCCCCn1c(C2=CC(=O)c3ccccc3C2=O)ccc1C1=CC(=O)c2ccccc2C1=O. The Morgan fingerprint density at radius 1 is 0.444 bits per heavy atom. The van der Waals surface area contributed by atoms with Crippen molar-refractivity contribution in [2.45, 2.75) is 103 Å². The first-order valence-electron chi connectivity index (χ1n) is 17.0. The van der Waals surface area contributed by atoms with Gasteiger partial charge in [0.15, 0.2) is 23.1 Å². The van der Waals surface area contributed by atoms with E-state index in [1.807, 2.05) is 16.7 Å². The highest BCUT2D eigenvalue weighted by Gasteiger charge is 2.31.